The Balaban J connectivity index is 0.00000312. The maximum atomic E-state index is 11.6. The maximum absolute atomic E-state index is 11.6. The summed E-state index contributed by atoms with van der Waals surface area (Å²) in [5.74, 6) is 1.93. The number of guanidine groups is 1. The van der Waals surface area contributed by atoms with Crippen molar-refractivity contribution in [2.75, 3.05) is 39.3 Å². The highest BCUT2D eigenvalue weighted by Crippen LogP contribution is 2.28. The fourth-order valence-corrected chi connectivity index (χ4v) is 3.20. The van der Waals surface area contributed by atoms with Gasteiger partial charge in [-0.15, -0.1) is 24.0 Å². The average Bonchev–Trinajstić information content (AvgIpc) is 3.27. The van der Waals surface area contributed by atoms with Crippen LogP contribution in [0.1, 0.15) is 46.5 Å². The molecule has 1 atom stereocenters. The minimum absolute atomic E-state index is 0. The van der Waals surface area contributed by atoms with E-state index in [1.165, 1.54) is 25.9 Å². The first-order chi connectivity index (χ1) is 11.6. The number of amides is 1. The Morgan fingerprint density at radius 3 is 2.32 bits per heavy atom. The van der Waals surface area contributed by atoms with Gasteiger partial charge in [0.1, 0.15) is 0 Å². The molecule has 25 heavy (non-hydrogen) atoms. The largest absolute Gasteiger partial charge is 0.357 e. The van der Waals surface area contributed by atoms with Gasteiger partial charge in [0, 0.05) is 31.6 Å². The van der Waals surface area contributed by atoms with Crippen molar-refractivity contribution >= 4 is 35.8 Å². The lowest BCUT2D eigenvalue weighted by molar-refractivity contribution is -0.122. The molecule has 2 rings (SSSR count). The third kappa shape index (κ3) is 8.11. The Kier molecular flexibility index (Phi) is 10.7. The van der Waals surface area contributed by atoms with E-state index in [2.05, 4.69) is 41.6 Å². The van der Waals surface area contributed by atoms with Gasteiger partial charge >= 0.3 is 0 Å². The minimum Gasteiger partial charge on any atom is -0.357 e. The molecule has 1 aliphatic heterocycles. The highest BCUT2D eigenvalue weighted by Gasteiger charge is 2.29. The van der Waals surface area contributed by atoms with Gasteiger partial charge in [0.25, 0.3) is 0 Å². The zero-order valence-corrected chi connectivity index (χ0v) is 18.3. The van der Waals surface area contributed by atoms with Crippen LogP contribution in [-0.2, 0) is 4.79 Å². The molecule has 0 bridgehead atoms. The van der Waals surface area contributed by atoms with Gasteiger partial charge in [-0.25, -0.2) is 0 Å². The second-order valence-electron chi connectivity index (χ2n) is 7.27. The average molecular weight is 465 g/mol. The molecule has 1 heterocycles. The normalized spacial score (nSPS) is 19.4. The van der Waals surface area contributed by atoms with Crippen LogP contribution < -0.4 is 16.0 Å². The molecule has 0 spiro atoms. The second-order valence-corrected chi connectivity index (χ2v) is 7.27. The van der Waals surface area contributed by atoms with E-state index < -0.39 is 0 Å². The summed E-state index contributed by atoms with van der Waals surface area (Å²) in [6.07, 6.45) is 4.73. The van der Waals surface area contributed by atoms with E-state index in [1.54, 1.807) is 0 Å². The summed E-state index contributed by atoms with van der Waals surface area (Å²) >= 11 is 0. The van der Waals surface area contributed by atoms with Crippen molar-refractivity contribution in [2.45, 2.75) is 52.5 Å². The topological polar surface area (TPSA) is 68.8 Å². The van der Waals surface area contributed by atoms with Crippen LogP contribution in [-0.4, -0.2) is 62.1 Å². The Morgan fingerprint density at radius 2 is 1.76 bits per heavy atom. The molecule has 146 valence electrons. The third-order valence-electron chi connectivity index (χ3n) is 4.82. The number of halogens is 1. The molecule has 6 nitrogen and oxygen atoms in total. The van der Waals surface area contributed by atoms with E-state index >= 15 is 0 Å². The highest BCUT2D eigenvalue weighted by atomic mass is 127. The van der Waals surface area contributed by atoms with E-state index in [-0.39, 0.29) is 35.8 Å². The summed E-state index contributed by atoms with van der Waals surface area (Å²) in [4.78, 5) is 19.0. The molecule has 7 heteroatoms. The van der Waals surface area contributed by atoms with Crippen LogP contribution in [0.5, 0.6) is 0 Å². The number of carbonyl (C=O) groups excluding carboxylic acids is 1. The summed E-state index contributed by atoms with van der Waals surface area (Å²) in [6, 6.07) is 0.512. The van der Waals surface area contributed by atoms with Crippen LogP contribution in [0, 0.1) is 11.8 Å². The number of aliphatic imine (C=N–C) groups is 1. The minimum atomic E-state index is 0. The summed E-state index contributed by atoms with van der Waals surface area (Å²) in [5.41, 5.74) is 0. The van der Waals surface area contributed by atoms with Crippen molar-refractivity contribution < 1.29 is 4.79 Å². The van der Waals surface area contributed by atoms with Gasteiger partial charge in [-0.05, 0) is 51.6 Å². The second kappa shape index (κ2) is 11.9. The third-order valence-corrected chi connectivity index (χ3v) is 4.82. The van der Waals surface area contributed by atoms with Crippen LogP contribution >= 0.6 is 24.0 Å². The lowest BCUT2D eigenvalue weighted by Gasteiger charge is -2.29. The number of nitrogens with one attached hydrogen (secondary N) is 3. The van der Waals surface area contributed by atoms with Gasteiger partial charge in [-0.3, -0.25) is 14.7 Å². The van der Waals surface area contributed by atoms with Crippen molar-refractivity contribution in [2.24, 2.45) is 16.8 Å². The number of carbonyl (C=O) groups is 1. The van der Waals surface area contributed by atoms with Crippen molar-refractivity contribution in [1.29, 1.82) is 0 Å². The first-order valence-corrected chi connectivity index (χ1v) is 9.65. The first kappa shape index (κ1) is 22.5. The monoisotopic (exact) mass is 465 g/mol. The molecular weight excluding hydrogens is 429 g/mol. The van der Waals surface area contributed by atoms with Crippen LogP contribution in [0.15, 0.2) is 4.99 Å². The van der Waals surface area contributed by atoms with Gasteiger partial charge in [0.2, 0.25) is 5.91 Å². The molecule has 0 aromatic rings. The molecule has 3 N–H and O–H groups in total. The Morgan fingerprint density at radius 1 is 1.12 bits per heavy atom. The fraction of sp³-hybridized carbons (Fsp3) is 0.889. The molecule has 0 aromatic heterocycles. The Hall–Kier alpha value is -0.570. The Labute approximate surface area is 170 Å². The van der Waals surface area contributed by atoms with Crippen LogP contribution in [0.25, 0.3) is 0 Å². The van der Waals surface area contributed by atoms with E-state index in [0.717, 1.165) is 31.9 Å². The molecule has 0 radical (unpaired) electrons. The van der Waals surface area contributed by atoms with Gasteiger partial charge in [0.15, 0.2) is 5.96 Å². The van der Waals surface area contributed by atoms with Crippen molar-refractivity contribution in [3.8, 4) is 0 Å². The molecule has 1 saturated carbocycles. The summed E-state index contributed by atoms with van der Waals surface area (Å²) in [7, 11) is 0. The van der Waals surface area contributed by atoms with E-state index in [4.69, 9.17) is 4.99 Å². The van der Waals surface area contributed by atoms with Gasteiger partial charge in [-0.1, -0.05) is 13.8 Å². The fourth-order valence-electron chi connectivity index (χ4n) is 3.20. The summed E-state index contributed by atoms with van der Waals surface area (Å²) < 4.78 is 0. The van der Waals surface area contributed by atoms with Gasteiger partial charge < -0.3 is 16.0 Å². The zero-order chi connectivity index (χ0) is 17.4. The van der Waals surface area contributed by atoms with Crippen LogP contribution in [0.2, 0.25) is 0 Å². The lowest BCUT2D eigenvalue weighted by atomic mass is 10.0. The predicted molar refractivity (Wildman–Crippen MR) is 115 cm³/mol. The molecule has 2 fully saturated rings. The van der Waals surface area contributed by atoms with Crippen molar-refractivity contribution in [1.82, 2.24) is 20.9 Å². The SMILES string of the molecule is CCNC(=NCC(C(C)C)N1CCCC1)NCCNC(=O)C1CC1.I. The quantitative estimate of drug-likeness (QED) is 0.210. The van der Waals surface area contributed by atoms with Crippen molar-refractivity contribution in [3.05, 3.63) is 0 Å². The van der Waals surface area contributed by atoms with Gasteiger partial charge in [-0.2, -0.15) is 0 Å². The maximum Gasteiger partial charge on any atom is 0.223 e. The standard InChI is InChI=1S/C18H35N5O.HI/c1-4-19-18(21-10-9-20-17(24)15-7-8-15)22-13-16(14(2)3)23-11-5-6-12-23;/h14-16H,4-13H2,1-3H3,(H,20,24)(H2,19,21,22);1H. The van der Waals surface area contributed by atoms with Crippen LogP contribution in [0.3, 0.4) is 0 Å². The molecule has 2 aliphatic rings. The lowest BCUT2D eigenvalue weighted by Crippen LogP contribution is -2.44. The molecule has 1 aliphatic carbocycles. The zero-order valence-electron chi connectivity index (χ0n) is 16.0. The molecule has 1 unspecified atom stereocenters. The molecule has 1 amide bonds. The Bertz CT molecular complexity index is 420. The first-order valence-electron chi connectivity index (χ1n) is 9.65. The molecular formula is C18H36IN5O. The summed E-state index contributed by atoms with van der Waals surface area (Å²) in [5, 5.41) is 9.60. The smallest absolute Gasteiger partial charge is 0.223 e. The van der Waals surface area contributed by atoms with Gasteiger partial charge in [0.05, 0.1) is 6.54 Å². The predicted octanol–water partition coefficient (Wildman–Crippen LogP) is 1.81. The number of likely N-dealkylation sites (tertiary alicyclic amines) is 1. The summed E-state index contributed by atoms with van der Waals surface area (Å²) in [6.45, 7) is 12.1. The highest BCUT2D eigenvalue weighted by molar-refractivity contribution is 14.0. The van der Waals surface area contributed by atoms with E-state index in [0.29, 0.717) is 25.0 Å². The van der Waals surface area contributed by atoms with Crippen molar-refractivity contribution in [3.63, 3.8) is 0 Å². The van der Waals surface area contributed by atoms with Crippen LogP contribution in [0.4, 0.5) is 0 Å². The number of hydrogen-bond donors (Lipinski definition) is 3. The van der Waals surface area contributed by atoms with E-state index in [1.807, 2.05) is 0 Å². The number of rotatable bonds is 9. The number of hydrogen-bond acceptors (Lipinski definition) is 3. The van der Waals surface area contributed by atoms with E-state index in [9.17, 15) is 4.79 Å². The molecule has 1 saturated heterocycles. The number of nitrogens with zero attached hydrogens (tertiary/aromatic N) is 2. The molecule has 0 aromatic carbocycles.